The SMILES string of the molecule is CC1(C)C=Cc2c(c(OCC(O)CN3CCCC3)cc3ccc(=O)oc23)O1. The highest BCUT2D eigenvalue weighted by atomic mass is 16.5. The van der Waals surface area contributed by atoms with E-state index in [4.69, 9.17) is 13.9 Å². The first-order valence-corrected chi connectivity index (χ1v) is 9.44. The van der Waals surface area contributed by atoms with Crippen LogP contribution in [-0.4, -0.2) is 48.0 Å². The average Bonchev–Trinajstić information content (AvgIpc) is 3.12. The van der Waals surface area contributed by atoms with Crippen molar-refractivity contribution in [2.24, 2.45) is 0 Å². The lowest BCUT2D eigenvalue weighted by Gasteiger charge is -2.29. The highest BCUT2D eigenvalue weighted by Gasteiger charge is 2.28. The Balaban J connectivity index is 1.63. The van der Waals surface area contributed by atoms with Gasteiger partial charge in [-0.05, 0) is 64.1 Å². The summed E-state index contributed by atoms with van der Waals surface area (Å²) in [5.41, 5.74) is 0.266. The highest BCUT2D eigenvalue weighted by molar-refractivity contribution is 5.91. The van der Waals surface area contributed by atoms with E-state index in [2.05, 4.69) is 4.90 Å². The van der Waals surface area contributed by atoms with Gasteiger partial charge in [-0.3, -0.25) is 0 Å². The predicted molar refractivity (Wildman–Crippen MR) is 103 cm³/mol. The molecule has 0 amide bonds. The molecule has 1 unspecified atom stereocenters. The van der Waals surface area contributed by atoms with Crippen molar-refractivity contribution in [2.45, 2.75) is 38.4 Å². The summed E-state index contributed by atoms with van der Waals surface area (Å²) >= 11 is 0. The smallest absolute Gasteiger partial charge is 0.336 e. The van der Waals surface area contributed by atoms with Crippen LogP contribution in [0.15, 0.2) is 33.5 Å². The summed E-state index contributed by atoms with van der Waals surface area (Å²) in [6, 6.07) is 4.90. The maximum atomic E-state index is 11.7. The van der Waals surface area contributed by atoms with Crippen LogP contribution in [0.25, 0.3) is 17.0 Å². The molecule has 6 heteroatoms. The lowest BCUT2D eigenvalue weighted by molar-refractivity contribution is 0.0719. The molecule has 0 saturated carbocycles. The molecule has 1 atom stereocenters. The van der Waals surface area contributed by atoms with Crippen molar-refractivity contribution < 1.29 is 19.0 Å². The molecule has 3 heterocycles. The van der Waals surface area contributed by atoms with Crippen LogP contribution in [-0.2, 0) is 0 Å². The van der Waals surface area contributed by atoms with E-state index >= 15 is 0 Å². The molecule has 0 spiro atoms. The summed E-state index contributed by atoms with van der Waals surface area (Å²) < 4.78 is 17.5. The first-order valence-electron chi connectivity index (χ1n) is 9.44. The molecule has 1 saturated heterocycles. The number of β-amino-alcohol motifs (C(OH)–C–C–N with tert-alkyl or cyclic N) is 1. The molecular weight excluding hydrogens is 346 g/mol. The zero-order valence-electron chi connectivity index (χ0n) is 15.7. The van der Waals surface area contributed by atoms with E-state index in [9.17, 15) is 9.90 Å². The third-order valence-corrected chi connectivity index (χ3v) is 4.98. The zero-order chi connectivity index (χ0) is 19.0. The van der Waals surface area contributed by atoms with Crippen molar-refractivity contribution in [3.05, 3.63) is 40.3 Å². The van der Waals surface area contributed by atoms with Crippen molar-refractivity contribution in [2.75, 3.05) is 26.2 Å². The first-order chi connectivity index (χ1) is 12.9. The van der Waals surface area contributed by atoms with Gasteiger partial charge in [-0.15, -0.1) is 0 Å². The zero-order valence-corrected chi connectivity index (χ0v) is 15.7. The van der Waals surface area contributed by atoms with E-state index < -0.39 is 17.3 Å². The van der Waals surface area contributed by atoms with Crippen molar-refractivity contribution in [3.63, 3.8) is 0 Å². The van der Waals surface area contributed by atoms with Crippen LogP contribution in [0.5, 0.6) is 11.5 Å². The summed E-state index contributed by atoms with van der Waals surface area (Å²) in [4.78, 5) is 13.9. The molecule has 2 aliphatic heterocycles. The molecule has 1 aromatic heterocycles. The molecule has 2 aromatic rings. The largest absolute Gasteiger partial charge is 0.487 e. The maximum Gasteiger partial charge on any atom is 0.336 e. The molecule has 0 aliphatic carbocycles. The normalized spacial score (nSPS) is 19.7. The number of hydrogen-bond acceptors (Lipinski definition) is 6. The number of nitrogens with zero attached hydrogens (tertiary/aromatic N) is 1. The van der Waals surface area contributed by atoms with Gasteiger partial charge in [0.05, 0.1) is 5.56 Å². The van der Waals surface area contributed by atoms with Gasteiger partial charge in [0.25, 0.3) is 0 Å². The molecule has 6 nitrogen and oxygen atoms in total. The number of fused-ring (bicyclic) bond motifs is 3. The second-order valence-electron chi connectivity index (χ2n) is 7.80. The van der Waals surface area contributed by atoms with Gasteiger partial charge in [0.1, 0.15) is 23.9 Å². The van der Waals surface area contributed by atoms with Gasteiger partial charge < -0.3 is 23.9 Å². The van der Waals surface area contributed by atoms with Gasteiger partial charge in [0.15, 0.2) is 11.5 Å². The Bertz CT molecular complexity index is 924. The van der Waals surface area contributed by atoms with Gasteiger partial charge in [-0.25, -0.2) is 4.79 Å². The van der Waals surface area contributed by atoms with Crippen molar-refractivity contribution in [1.29, 1.82) is 0 Å². The number of aliphatic hydroxyl groups excluding tert-OH is 1. The molecule has 0 radical (unpaired) electrons. The molecule has 1 N–H and O–H groups in total. The summed E-state index contributed by atoms with van der Waals surface area (Å²) in [7, 11) is 0. The molecule has 144 valence electrons. The average molecular weight is 371 g/mol. The van der Waals surface area contributed by atoms with Gasteiger partial charge in [0.2, 0.25) is 0 Å². The van der Waals surface area contributed by atoms with Gasteiger partial charge in [0, 0.05) is 18.0 Å². The topological polar surface area (TPSA) is 72.1 Å². The highest BCUT2D eigenvalue weighted by Crippen LogP contribution is 2.43. The summed E-state index contributed by atoms with van der Waals surface area (Å²) in [6.45, 7) is 6.75. The van der Waals surface area contributed by atoms with E-state index in [1.807, 2.05) is 26.0 Å². The minimum atomic E-state index is -0.574. The second kappa shape index (κ2) is 7.02. The number of likely N-dealkylation sites (tertiary alicyclic amines) is 1. The molecule has 1 aromatic carbocycles. The summed E-state index contributed by atoms with van der Waals surface area (Å²) in [6.07, 6.45) is 5.62. The fourth-order valence-corrected chi connectivity index (χ4v) is 3.64. The van der Waals surface area contributed by atoms with Crippen LogP contribution >= 0.6 is 0 Å². The minimum absolute atomic E-state index is 0.179. The van der Waals surface area contributed by atoms with Crippen LogP contribution < -0.4 is 15.1 Å². The number of rotatable bonds is 5. The first kappa shape index (κ1) is 18.1. The summed E-state index contributed by atoms with van der Waals surface area (Å²) in [5.74, 6) is 1.09. The Labute approximate surface area is 158 Å². The predicted octanol–water partition coefficient (Wildman–Crippen LogP) is 2.81. The van der Waals surface area contributed by atoms with Crippen LogP contribution in [0.2, 0.25) is 0 Å². The Hall–Kier alpha value is -2.31. The van der Waals surface area contributed by atoms with E-state index in [-0.39, 0.29) is 6.61 Å². The molecule has 2 aliphatic rings. The van der Waals surface area contributed by atoms with Gasteiger partial charge in [-0.2, -0.15) is 0 Å². The lowest BCUT2D eigenvalue weighted by Crippen LogP contribution is -2.34. The standard InChI is InChI=1S/C21H25NO5/c1-21(2)8-7-16-19-14(5-6-18(24)26-19)11-17(20(16)27-21)25-13-15(23)12-22-9-3-4-10-22/h5-8,11,15,23H,3-4,9-10,12-13H2,1-2H3. The van der Waals surface area contributed by atoms with Crippen LogP contribution in [0.1, 0.15) is 32.3 Å². The minimum Gasteiger partial charge on any atom is -0.487 e. The second-order valence-corrected chi connectivity index (χ2v) is 7.80. The van der Waals surface area contributed by atoms with Crippen molar-refractivity contribution in [1.82, 2.24) is 4.90 Å². The monoisotopic (exact) mass is 371 g/mol. The molecule has 0 bridgehead atoms. The quantitative estimate of drug-likeness (QED) is 0.815. The van der Waals surface area contributed by atoms with Crippen LogP contribution in [0.3, 0.4) is 0 Å². The Morgan fingerprint density at radius 1 is 1.30 bits per heavy atom. The third-order valence-electron chi connectivity index (χ3n) is 4.98. The number of ether oxygens (including phenoxy) is 2. The third kappa shape index (κ3) is 3.87. The van der Waals surface area contributed by atoms with Gasteiger partial charge in [-0.1, -0.05) is 0 Å². The van der Waals surface area contributed by atoms with E-state index in [1.54, 1.807) is 12.1 Å². The molecule has 4 rings (SSSR count). The maximum absolute atomic E-state index is 11.7. The number of aliphatic hydroxyl groups is 1. The lowest BCUT2D eigenvalue weighted by atomic mass is 10.00. The van der Waals surface area contributed by atoms with Crippen LogP contribution in [0.4, 0.5) is 0 Å². The Morgan fingerprint density at radius 2 is 2.07 bits per heavy atom. The fourth-order valence-electron chi connectivity index (χ4n) is 3.64. The Morgan fingerprint density at radius 3 is 2.85 bits per heavy atom. The van der Waals surface area contributed by atoms with E-state index in [1.165, 1.54) is 18.9 Å². The van der Waals surface area contributed by atoms with Crippen molar-refractivity contribution in [3.8, 4) is 11.5 Å². The molecule has 27 heavy (non-hydrogen) atoms. The Kier molecular flexibility index (Phi) is 4.70. The molecular formula is C21H25NO5. The van der Waals surface area contributed by atoms with E-state index in [0.29, 0.717) is 29.2 Å². The fraction of sp³-hybridized carbons (Fsp3) is 0.476. The van der Waals surface area contributed by atoms with E-state index in [0.717, 1.165) is 18.5 Å². The number of benzene rings is 1. The van der Waals surface area contributed by atoms with Gasteiger partial charge >= 0.3 is 5.63 Å². The number of hydrogen-bond donors (Lipinski definition) is 1. The van der Waals surface area contributed by atoms with Crippen LogP contribution in [0, 0.1) is 0 Å². The molecule has 1 fully saturated rings. The summed E-state index contributed by atoms with van der Waals surface area (Å²) in [5, 5.41) is 11.1. The van der Waals surface area contributed by atoms with Crippen molar-refractivity contribution >= 4 is 17.0 Å².